The van der Waals surface area contributed by atoms with E-state index < -0.39 is 8.32 Å². The predicted octanol–water partition coefficient (Wildman–Crippen LogP) is 5.39. The van der Waals surface area contributed by atoms with Gasteiger partial charge in [-0.3, -0.25) is 0 Å². The van der Waals surface area contributed by atoms with E-state index in [0.717, 1.165) is 6.42 Å². The molecule has 0 radical (unpaired) electrons. The summed E-state index contributed by atoms with van der Waals surface area (Å²) in [4.78, 5) is 0. The molecule has 1 N–H and O–H groups in total. The van der Waals surface area contributed by atoms with E-state index in [1.54, 1.807) is 0 Å². The normalized spacial score (nSPS) is 33.8. The van der Waals surface area contributed by atoms with Crippen molar-refractivity contribution in [3.63, 3.8) is 0 Å². The van der Waals surface area contributed by atoms with Crippen molar-refractivity contribution in [3.8, 4) is 0 Å². The number of rotatable bonds is 5. The lowest BCUT2D eigenvalue weighted by Gasteiger charge is -2.43. The second-order valence-electron chi connectivity index (χ2n) is 8.74. The summed E-state index contributed by atoms with van der Waals surface area (Å²) in [5.74, 6) is 0.830. The number of hydrogen-bond acceptors (Lipinski definition) is 2. The molecule has 0 amide bonds. The minimum atomic E-state index is -1.82. The van der Waals surface area contributed by atoms with E-state index in [9.17, 15) is 5.11 Å². The lowest BCUT2D eigenvalue weighted by molar-refractivity contribution is -0.00422. The highest BCUT2D eigenvalue weighted by Crippen LogP contribution is 2.41. The third-order valence-corrected chi connectivity index (χ3v) is 10.3. The molecule has 3 heteroatoms. The highest BCUT2D eigenvalue weighted by Gasteiger charge is 2.43. The van der Waals surface area contributed by atoms with Crippen LogP contribution < -0.4 is 0 Å². The molecule has 0 fully saturated rings. The molecule has 1 aliphatic carbocycles. The van der Waals surface area contributed by atoms with Gasteiger partial charge in [0.25, 0.3) is 0 Å². The van der Waals surface area contributed by atoms with E-state index in [4.69, 9.17) is 4.43 Å². The molecule has 130 valence electrons. The van der Waals surface area contributed by atoms with Crippen molar-refractivity contribution in [3.05, 3.63) is 12.2 Å². The van der Waals surface area contributed by atoms with Gasteiger partial charge in [0.2, 0.25) is 0 Å². The average molecular weight is 327 g/mol. The van der Waals surface area contributed by atoms with Crippen molar-refractivity contribution in [1.29, 1.82) is 0 Å². The molecular weight excluding hydrogens is 288 g/mol. The molecule has 0 unspecified atom stereocenters. The fraction of sp³-hybridized carbons (Fsp3) is 0.895. The van der Waals surface area contributed by atoms with Gasteiger partial charge in [-0.15, -0.1) is 0 Å². The van der Waals surface area contributed by atoms with Gasteiger partial charge >= 0.3 is 0 Å². The maximum Gasteiger partial charge on any atom is 0.192 e. The summed E-state index contributed by atoms with van der Waals surface area (Å²) in [7, 11) is -1.82. The molecule has 0 spiro atoms. The molecule has 0 heterocycles. The van der Waals surface area contributed by atoms with Gasteiger partial charge in [-0.2, -0.15) is 0 Å². The van der Waals surface area contributed by atoms with Gasteiger partial charge in [0.15, 0.2) is 8.32 Å². The molecule has 1 aliphatic rings. The first-order valence-electron chi connectivity index (χ1n) is 9.05. The Hall–Kier alpha value is -0.123. The summed E-state index contributed by atoms with van der Waals surface area (Å²) in [6.45, 7) is 18.1. The van der Waals surface area contributed by atoms with E-state index in [2.05, 4.69) is 66.8 Å². The molecule has 22 heavy (non-hydrogen) atoms. The quantitative estimate of drug-likeness (QED) is 0.542. The topological polar surface area (TPSA) is 29.5 Å². The summed E-state index contributed by atoms with van der Waals surface area (Å²) in [5, 5.41) is 11.0. The molecule has 0 aromatic carbocycles. The molecule has 2 nitrogen and oxygen atoms in total. The van der Waals surface area contributed by atoms with Crippen molar-refractivity contribution < 1.29 is 9.53 Å². The highest BCUT2D eigenvalue weighted by atomic mass is 28.4. The van der Waals surface area contributed by atoms with Crippen LogP contribution in [0.1, 0.15) is 60.8 Å². The van der Waals surface area contributed by atoms with Gasteiger partial charge < -0.3 is 9.53 Å². The lowest BCUT2D eigenvalue weighted by Crippen LogP contribution is -2.49. The van der Waals surface area contributed by atoms with Gasteiger partial charge in [0, 0.05) is 11.8 Å². The van der Waals surface area contributed by atoms with Gasteiger partial charge in [-0.1, -0.05) is 66.5 Å². The van der Waals surface area contributed by atoms with Gasteiger partial charge in [-0.05, 0) is 30.5 Å². The lowest BCUT2D eigenvalue weighted by atomic mass is 9.85. The van der Waals surface area contributed by atoms with Crippen LogP contribution in [0.15, 0.2) is 12.2 Å². The van der Waals surface area contributed by atoms with E-state index in [0.29, 0.717) is 5.92 Å². The summed E-state index contributed by atoms with van der Waals surface area (Å²) in [6, 6.07) is 0. The molecular formula is C19H38O2Si. The van der Waals surface area contributed by atoms with Crippen molar-refractivity contribution in [2.24, 2.45) is 17.8 Å². The first-order valence-corrected chi connectivity index (χ1v) is 12.0. The molecule has 5 atom stereocenters. The third kappa shape index (κ3) is 4.69. The Bertz CT molecular complexity index is 370. The number of aliphatic hydroxyl groups is 1. The average Bonchev–Trinajstić information content (AvgIpc) is 2.49. The second kappa shape index (κ2) is 7.63. The fourth-order valence-electron chi connectivity index (χ4n) is 3.04. The minimum absolute atomic E-state index is 0.124. The zero-order chi connectivity index (χ0) is 17.1. The Kier molecular flexibility index (Phi) is 6.91. The summed E-state index contributed by atoms with van der Waals surface area (Å²) in [6.07, 6.45) is 7.81. The standard InChI is InChI=1S/C19H38O2Si/c1-9-10-11-16-13-12-14(2)18(15(3)17(16)20)21-22(7,8)19(4,5)6/h12-18,20H,9-11H2,1-8H3/t14-,15+,16-,17+,18-/m0/s1. The number of aliphatic hydroxyl groups excluding tert-OH is 1. The van der Waals surface area contributed by atoms with E-state index in [1.165, 1.54) is 12.8 Å². The van der Waals surface area contributed by atoms with Crippen LogP contribution >= 0.6 is 0 Å². The first kappa shape index (κ1) is 19.9. The maximum absolute atomic E-state index is 10.8. The summed E-state index contributed by atoms with van der Waals surface area (Å²) >= 11 is 0. The minimum Gasteiger partial charge on any atom is -0.413 e. The van der Waals surface area contributed by atoms with Crippen molar-refractivity contribution >= 4 is 8.32 Å². The molecule has 1 rings (SSSR count). The Balaban J connectivity index is 2.91. The Morgan fingerprint density at radius 1 is 1.14 bits per heavy atom. The van der Waals surface area contributed by atoms with Gasteiger partial charge in [-0.25, -0.2) is 0 Å². The van der Waals surface area contributed by atoms with Gasteiger partial charge in [0.1, 0.15) is 0 Å². The van der Waals surface area contributed by atoms with Gasteiger partial charge in [0.05, 0.1) is 12.2 Å². The zero-order valence-corrected chi connectivity index (χ0v) is 17.0. The fourth-order valence-corrected chi connectivity index (χ4v) is 4.51. The Labute approximate surface area is 139 Å². The van der Waals surface area contributed by atoms with Crippen LogP contribution in [-0.4, -0.2) is 25.6 Å². The summed E-state index contributed by atoms with van der Waals surface area (Å²) in [5.41, 5.74) is 0. The third-order valence-electron chi connectivity index (χ3n) is 5.80. The second-order valence-corrected chi connectivity index (χ2v) is 13.5. The van der Waals surface area contributed by atoms with Crippen LogP contribution in [0, 0.1) is 17.8 Å². The Morgan fingerprint density at radius 2 is 1.73 bits per heavy atom. The molecule has 0 aromatic rings. The smallest absolute Gasteiger partial charge is 0.192 e. The maximum atomic E-state index is 10.8. The van der Waals surface area contributed by atoms with Crippen LogP contribution in [0.3, 0.4) is 0 Å². The zero-order valence-electron chi connectivity index (χ0n) is 16.0. The van der Waals surface area contributed by atoms with Crippen LogP contribution in [0.5, 0.6) is 0 Å². The SMILES string of the molecule is CCCC[C@H]1C=C[C@H](C)[C@H](O[Si](C)(C)C(C)(C)C)[C@H](C)[C@H]1O. The van der Waals surface area contributed by atoms with Crippen LogP contribution in [0.4, 0.5) is 0 Å². The van der Waals surface area contributed by atoms with Crippen molar-refractivity contribution in [2.45, 2.75) is 91.1 Å². The monoisotopic (exact) mass is 326 g/mol. The molecule has 0 bridgehead atoms. The van der Waals surface area contributed by atoms with E-state index in [1.807, 2.05) is 0 Å². The summed E-state index contributed by atoms with van der Waals surface area (Å²) < 4.78 is 6.70. The van der Waals surface area contributed by atoms with Crippen molar-refractivity contribution in [1.82, 2.24) is 0 Å². The Morgan fingerprint density at radius 3 is 2.23 bits per heavy atom. The largest absolute Gasteiger partial charge is 0.413 e. The molecule has 0 aromatic heterocycles. The first-order chi connectivity index (χ1) is 10.0. The highest BCUT2D eigenvalue weighted by molar-refractivity contribution is 6.74. The van der Waals surface area contributed by atoms with Crippen LogP contribution in [0.2, 0.25) is 18.1 Å². The number of unbranched alkanes of at least 4 members (excludes halogenated alkanes) is 1. The molecule has 0 aliphatic heterocycles. The van der Waals surface area contributed by atoms with E-state index >= 15 is 0 Å². The number of hydrogen-bond donors (Lipinski definition) is 1. The molecule has 0 saturated heterocycles. The van der Waals surface area contributed by atoms with E-state index in [-0.39, 0.29) is 29.1 Å². The van der Waals surface area contributed by atoms with Crippen molar-refractivity contribution in [2.75, 3.05) is 0 Å². The molecule has 0 saturated carbocycles. The predicted molar refractivity (Wildman–Crippen MR) is 98.6 cm³/mol. The van der Waals surface area contributed by atoms with Crippen LogP contribution in [0.25, 0.3) is 0 Å². The van der Waals surface area contributed by atoms with Crippen LogP contribution in [-0.2, 0) is 4.43 Å².